The molecular formula is C12H22BO4P. The molecule has 4 nitrogen and oxygen atoms in total. The quantitative estimate of drug-likeness (QED) is 0.583. The Morgan fingerprint density at radius 1 is 1.44 bits per heavy atom. The molecular weight excluding hydrogens is 250 g/mol. The van der Waals surface area contributed by atoms with Crippen molar-refractivity contribution in [2.45, 2.75) is 50.3 Å². The number of fused-ring (bicyclic) bond motifs is 1. The van der Waals surface area contributed by atoms with Crippen LogP contribution in [0.3, 0.4) is 0 Å². The fourth-order valence-corrected chi connectivity index (χ4v) is 4.29. The molecule has 0 heterocycles. The van der Waals surface area contributed by atoms with Crippen molar-refractivity contribution in [2.24, 2.45) is 5.92 Å². The Hall–Kier alpha value is 0.175. The van der Waals surface area contributed by atoms with Crippen LogP contribution in [-0.2, 0) is 9.30 Å². The van der Waals surface area contributed by atoms with E-state index in [-0.39, 0.29) is 12.3 Å². The first kappa shape index (κ1) is 14.6. The number of rotatable bonds is 5. The Kier molecular flexibility index (Phi) is 3.52. The van der Waals surface area contributed by atoms with Gasteiger partial charge in [-0.25, -0.2) is 0 Å². The highest BCUT2D eigenvalue weighted by atomic mass is 31.2. The summed E-state index contributed by atoms with van der Waals surface area (Å²) in [5.74, 6) is -0.500. The molecule has 2 unspecified atom stereocenters. The molecule has 0 saturated heterocycles. The zero-order chi connectivity index (χ0) is 13.8. The van der Waals surface area contributed by atoms with Gasteiger partial charge in [-0.05, 0) is 25.1 Å². The van der Waals surface area contributed by atoms with Crippen LogP contribution in [0.4, 0.5) is 0 Å². The molecule has 0 aliphatic heterocycles. The van der Waals surface area contributed by atoms with Crippen LogP contribution in [0.5, 0.6) is 0 Å². The first-order chi connectivity index (χ1) is 8.23. The van der Waals surface area contributed by atoms with Crippen molar-refractivity contribution in [1.82, 2.24) is 0 Å². The summed E-state index contributed by atoms with van der Waals surface area (Å²) in [6, 6.07) is 0. The van der Waals surface area contributed by atoms with E-state index in [9.17, 15) is 14.8 Å². The molecule has 0 aromatic carbocycles. The van der Waals surface area contributed by atoms with Gasteiger partial charge in [-0.15, -0.1) is 0 Å². The molecule has 18 heavy (non-hydrogen) atoms. The summed E-state index contributed by atoms with van der Waals surface area (Å²) in [5.41, 5.74) is -2.08. The lowest BCUT2D eigenvalue weighted by Crippen LogP contribution is -2.46. The molecule has 2 N–H and O–H groups in total. The minimum absolute atomic E-state index is 0.0235. The van der Waals surface area contributed by atoms with E-state index in [2.05, 4.69) is 0 Å². The Morgan fingerprint density at radius 2 is 2.00 bits per heavy atom. The standard InChI is InChI=1S/C12H22BO4P/c1-4-18(16,5-2)7-17-12-6-8(12)9(13)11(3,15)10(12)14/h8-10,14-15H,4-7H2,1-3H3/t8?,9-,10+,11+,12?/m1/s1. The summed E-state index contributed by atoms with van der Waals surface area (Å²) in [6.07, 6.45) is 1.04. The highest BCUT2D eigenvalue weighted by Crippen LogP contribution is 2.67. The minimum atomic E-state index is -2.29. The summed E-state index contributed by atoms with van der Waals surface area (Å²) >= 11 is 0. The van der Waals surface area contributed by atoms with E-state index >= 15 is 0 Å². The molecule has 2 rings (SSSR count). The van der Waals surface area contributed by atoms with Gasteiger partial charge in [-0.1, -0.05) is 13.8 Å². The monoisotopic (exact) mass is 272 g/mol. The Morgan fingerprint density at radius 3 is 2.39 bits per heavy atom. The molecule has 102 valence electrons. The average molecular weight is 272 g/mol. The van der Waals surface area contributed by atoms with Gasteiger partial charge in [0, 0.05) is 12.3 Å². The fourth-order valence-electron chi connectivity index (χ4n) is 3.00. The number of aliphatic hydroxyl groups is 2. The first-order valence-corrected chi connectivity index (χ1v) is 8.87. The molecule has 0 spiro atoms. The van der Waals surface area contributed by atoms with Crippen LogP contribution < -0.4 is 0 Å². The average Bonchev–Trinajstić information content (AvgIpc) is 3.06. The van der Waals surface area contributed by atoms with Crippen molar-refractivity contribution in [3.05, 3.63) is 0 Å². The van der Waals surface area contributed by atoms with Crippen molar-refractivity contribution < 1.29 is 19.5 Å². The van der Waals surface area contributed by atoms with Crippen molar-refractivity contribution in [3.63, 3.8) is 0 Å². The van der Waals surface area contributed by atoms with Gasteiger partial charge < -0.3 is 19.5 Å². The largest absolute Gasteiger partial charge is 0.388 e. The second-order valence-electron chi connectivity index (χ2n) is 5.88. The molecule has 2 aliphatic carbocycles. The van der Waals surface area contributed by atoms with Gasteiger partial charge in [0.05, 0.1) is 13.4 Å². The van der Waals surface area contributed by atoms with Crippen LogP contribution in [-0.4, -0.2) is 54.0 Å². The number of ether oxygens (including phenoxy) is 1. The third-order valence-electron chi connectivity index (χ3n) is 4.85. The molecule has 0 aromatic rings. The predicted molar refractivity (Wildman–Crippen MR) is 71.6 cm³/mol. The number of hydrogen-bond donors (Lipinski definition) is 2. The van der Waals surface area contributed by atoms with E-state index in [0.717, 1.165) is 0 Å². The molecule has 2 fully saturated rings. The van der Waals surface area contributed by atoms with Crippen molar-refractivity contribution in [3.8, 4) is 0 Å². The summed E-state index contributed by atoms with van der Waals surface area (Å²) in [7, 11) is 3.63. The van der Waals surface area contributed by atoms with Crippen LogP contribution in [0.1, 0.15) is 27.2 Å². The van der Waals surface area contributed by atoms with E-state index < -0.39 is 30.3 Å². The van der Waals surface area contributed by atoms with Gasteiger partial charge in [0.1, 0.15) is 25.2 Å². The molecule has 2 radical (unpaired) electrons. The van der Waals surface area contributed by atoms with Crippen molar-refractivity contribution in [1.29, 1.82) is 0 Å². The van der Waals surface area contributed by atoms with Crippen LogP contribution in [0.2, 0.25) is 5.82 Å². The second-order valence-corrected chi connectivity index (χ2v) is 9.52. The highest BCUT2D eigenvalue weighted by molar-refractivity contribution is 7.63. The first-order valence-electron chi connectivity index (χ1n) is 6.60. The van der Waals surface area contributed by atoms with Gasteiger partial charge in [0.2, 0.25) is 0 Å². The smallest absolute Gasteiger partial charge is 0.112 e. The topological polar surface area (TPSA) is 66.8 Å². The Balaban J connectivity index is 2.07. The summed E-state index contributed by atoms with van der Waals surface area (Å²) < 4.78 is 18.1. The highest BCUT2D eigenvalue weighted by Gasteiger charge is 2.74. The van der Waals surface area contributed by atoms with Crippen LogP contribution in [0.25, 0.3) is 0 Å². The molecule has 0 amide bonds. The van der Waals surface area contributed by atoms with E-state index in [1.165, 1.54) is 0 Å². The molecule has 6 heteroatoms. The number of aliphatic hydroxyl groups excluding tert-OH is 1. The third-order valence-corrected chi connectivity index (χ3v) is 7.76. The lowest BCUT2D eigenvalue weighted by molar-refractivity contribution is -0.115. The lowest BCUT2D eigenvalue weighted by Gasteiger charge is -2.32. The minimum Gasteiger partial charge on any atom is -0.388 e. The summed E-state index contributed by atoms with van der Waals surface area (Å²) in [6.45, 7) is 5.32. The maximum absolute atomic E-state index is 12.3. The van der Waals surface area contributed by atoms with Gasteiger partial charge in [0.25, 0.3) is 0 Å². The van der Waals surface area contributed by atoms with Crippen molar-refractivity contribution in [2.75, 3.05) is 18.7 Å². The Bertz CT molecular complexity index is 378. The molecule has 0 aromatic heterocycles. The van der Waals surface area contributed by atoms with Gasteiger partial charge in [-0.2, -0.15) is 0 Å². The zero-order valence-corrected chi connectivity index (χ0v) is 12.2. The van der Waals surface area contributed by atoms with Crippen LogP contribution >= 0.6 is 7.14 Å². The zero-order valence-electron chi connectivity index (χ0n) is 11.3. The Labute approximate surface area is 110 Å². The van der Waals surface area contributed by atoms with Crippen LogP contribution in [0.15, 0.2) is 0 Å². The number of hydrogen-bond acceptors (Lipinski definition) is 4. The maximum atomic E-state index is 12.3. The third kappa shape index (κ3) is 1.91. The molecule has 0 bridgehead atoms. The van der Waals surface area contributed by atoms with E-state index in [4.69, 9.17) is 12.6 Å². The predicted octanol–water partition coefficient (Wildman–Crippen LogP) is 1.20. The van der Waals surface area contributed by atoms with Gasteiger partial charge in [0.15, 0.2) is 0 Å². The lowest BCUT2D eigenvalue weighted by atomic mass is 9.73. The van der Waals surface area contributed by atoms with Crippen LogP contribution in [0, 0.1) is 5.92 Å². The summed E-state index contributed by atoms with van der Waals surface area (Å²) in [4.78, 5) is 0. The fraction of sp³-hybridized carbons (Fsp3) is 1.00. The molecule has 2 aliphatic rings. The normalized spacial score (nSPS) is 47.1. The van der Waals surface area contributed by atoms with E-state index in [1.807, 2.05) is 13.8 Å². The SMILES string of the molecule is [B][C@@H]1C2CC2(OCP(=O)(CC)CC)[C@@H](O)[C@@]1(C)O. The van der Waals surface area contributed by atoms with E-state index in [1.54, 1.807) is 6.92 Å². The van der Waals surface area contributed by atoms with Gasteiger partial charge in [-0.3, -0.25) is 0 Å². The second kappa shape index (κ2) is 4.34. The maximum Gasteiger partial charge on any atom is 0.112 e. The molecule has 2 saturated carbocycles. The van der Waals surface area contributed by atoms with Gasteiger partial charge >= 0.3 is 0 Å². The molecule has 5 atom stereocenters. The summed E-state index contributed by atoms with van der Waals surface area (Å²) in [5, 5.41) is 20.3. The van der Waals surface area contributed by atoms with E-state index in [0.29, 0.717) is 18.7 Å². The van der Waals surface area contributed by atoms with Crippen molar-refractivity contribution >= 4 is 15.0 Å².